The van der Waals surface area contributed by atoms with Crippen LogP contribution in [0.1, 0.15) is 24.8 Å². The van der Waals surface area contributed by atoms with Crippen molar-refractivity contribution in [1.82, 2.24) is 16.0 Å². The fraction of sp³-hybridized carbons (Fsp3) is 0.526. The zero-order valence-corrected chi connectivity index (χ0v) is 16.6. The van der Waals surface area contributed by atoms with E-state index in [0.717, 1.165) is 19.4 Å². The van der Waals surface area contributed by atoms with Crippen LogP contribution in [-0.4, -0.2) is 64.7 Å². The molecular formula is C19H27N3O5S. The molecule has 28 heavy (non-hydrogen) atoms. The first-order chi connectivity index (χ1) is 13.4. The Morgan fingerprint density at radius 2 is 1.93 bits per heavy atom. The van der Waals surface area contributed by atoms with E-state index >= 15 is 0 Å². The number of phenols is 1. The lowest BCUT2D eigenvalue weighted by Crippen LogP contribution is -2.54. The van der Waals surface area contributed by atoms with Crippen molar-refractivity contribution in [1.29, 1.82) is 0 Å². The number of thioether (sulfide) groups is 1. The Morgan fingerprint density at radius 1 is 1.21 bits per heavy atom. The van der Waals surface area contributed by atoms with E-state index in [1.165, 1.54) is 12.1 Å². The van der Waals surface area contributed by atoms with E-state index in [1.54, 1.807) is 23.9 Å². The van der Waals surface area contributed by atoms with Gasteiger partial charge in [0.05, 0.1) is 6.04 Å². The lowest BCUT2D eigenvalue weighted by atomic mass is 10.0. The summed E-state index contributed by atoms with van der Waals surface area (Å²) in [6.45, 7) is 0.771. The number of benzene rings is 1. The number of phenolic OH excluding ortho intramolecular Hbond substituents is 1. The molecule has 1 fully saturated rings. The highest BCUT2D eigenvalue weighted by molar-refractivity contribution is 7.98. The molecule has 1 aromatic carbocycles. The molecule has 2 rings (SSSR count). The summed E-state index contributed by atoms with van der Waals surface area (Å²) in [5, 5.41) is 27.2. The molecule has 0 radical (unpaired) electrons. The number of carbonyl (C=O) groups excluding carboxylic acids is 2. The van der Waals surface area contributed by atoms with E-state index < -0.39 is 24.0 Å². The van der Waals surface area contributed by atoms with Gasteiger partial charge in [0.25, 0.3) is 0 Å². The number of aliphatic carboxylic acids is 1. The van der Waals surface area contributed by atoms with Crippen molar-refractivity contribution in [3.63, 3.8) is 0 Å². The number of aromatic hydroxyl groups is 1. The summed E-state index contributed by atoms with van der Waals surface area (Å²) in [6.07, 6.45) is 4.03. The molecule has 0 aromatic heterocycles. The summed E-state index contributed by atoms with van der Waals surface area (Å²) in [4.78, 5) is 36.7. The van der Waals surface area contributed by atoms with Gasteiger partial charge in [-0.1, -0.05) is 12.1 Å². The third kappa shape index (κ3) is 6.72. The molecule has 9 heteroatoms. The summed E-state index contributed by atoms with van der Waals surface area (Å²) in [5.41, 5.74) is 0.672. The molecule has 1 aliphatic heterocycles. The lowest BCUT2D eigenvalue weighted by molar-refractivity contribution is -0.142. The van der Waals surface area contributed by atoms with Crippen LogP contribution in [0.2, 0.25) is 0 Å². The summed E-state index contributed by atoms with van der Waals surface area (Å²) >= 11 is 1.55. The van der Waals surface area contributed by atoms with E-state index in [0.29, 0.717) is 17.7 Å². The van der Waals surface area contributed by atoms with E-state index in [1.807, 2.05) is 6.26 Å². The van der Waals surface area contributed by atoms with Crippen molar-refractivity contribution in [3.8, 4) is 5.75 Å². The van der Waals surface area contributed by atoms with Gasteiger partial charge in [-0.3, -0.25) is 9.59 Å². The van der Waals surface area contributed by atoms with Crippen LogP contribution in [0.15, 0.2) is 24.3 Å². The fourth-order valence-electron chi connectivity index (χ4n) is 3.03. The molecule has 0 unspecified atom stereocenters. The van der Waals surface area contributed by atoms with Crippen LogP contribution in [0.4, 0.5) is 0 Å². The molecule has 1 saturated heterocycles. The molecule has 0 spiro atoms. The number of carboxylic acids is 1. The Kier molecular flexibility index (Phi) is 8.59. The predicted molar refractivity (Wildman–Crippen MR) is 107 cm³/mol. The highest BCUT2D eigenvalue weighted by atomic mass is 32.2. The topological polar surface area (TPSA) is 128 Å². The highest BCUT2D eigenvalue weighted by Crippen LogP contribution is 2.12. The average molecular weight is 410 g/mol. The molecule has 2 amide bonds. The second kappa shape index (κ2) is 10.9. The summed E-state index contributed by atoms with van der Waals surface area (Å²) in [6, 6.07) is 3.92. The standard InChI is InChI=1S/C19H27N3O5S/c1-28-10-8-15(21-17(24)14-3-2-9-20-14)18(25)22-16(19(26)27)11-12-4-6-13(23)7-5-12/h4-7,14-16,20,23H,2-3,8-11H2,1H3,(H,21,24)(H,22,25)(H,26,27)/t14-,15-,16-/m0/s1. The van der Waals surface area contributed by atoms with Gasteiger partial charge in [-0.25, -0.2) is 4.79 Å². The van der Waals surface area contributed by atoms with Crippen LogP contribution < -0.4 is 16.0 Å². The number of hydrogen-bond acceptors (Lipinski definition) is 6. The van der Waals surface area contributed by atoms with Crippen molar-refractivity contribution in [2.45, 2.75) is 43.8 Å². The maximum atomic E-state index is 12.7. The Bertz CT molecular complexity index is 677. The minimum atomic E-state index is -1.16. The second-order valence-electron chi connectivity index (χ2n) is 6.76. The van der Waals surface area contributed by atoms with Crippen molar-refractivity contribution in [2.24, 2.45) is 0 Å². The van der Waals surface area contributed by atoms with Gasteiger partial charge in [0.1, 0.15) is 17.8 Å². The summed E-state index contributed by atoms with van der Waals surface area (Å²) in [5.74, 6) is -1.16. The quantitative estimate of drug-likeness (QED) is 0.381. The van der Waals surface area contributed by atoms with Gasteiger partial charge < -0.3 is 26.2 Å². The molecule has 5 N–H and O–H groups in total. The average Bonchev–Trinajstić information content (AvgIpc) is 3.20. The van der Waals surface area contributed by atoms with Crippen LogP contribution in [-0.2, 0) is 20.8 Å². The Labute approximate surface area is 168 Å². The highest BCUT2D eigenvalue weighted by Gasteiger charge is 2.29. The molecule has 8 nitrogen and oxygen atoms in total. The van der Waals surface area contributed by atoms with Gasteiger partial charge in [0, 0.05) is 6.42 Å². The molecule has 0 saturated carbocycles. The van der Waals surface area contributed by atoms with Gasteiger partial charge in [0.2, 0.25) is 11.8 Å². The van der Waals surface area contributed by atoms with Gasteiger partial charge >= 0.3 is 5.97 Å². The van der Waals surface area contributed by atoms with E-state index in [9.17, 15) is 24.6 Å². The van der Waals surface area contributed by atoms with E-state index in [4.69, 9.17) is 0 Å². The lowest BCUT2D eigenvalue weighted by Gasteiger charge is -2.23. The van der Waals surface area contributed by atoms with Crippen LogP contribution >= 0.6 is 11.8 Å². The Hall–Kier alpha value is -2.26. The summed E-state index contributed by atoms with van der Waals surface area (Å²) in [7, 11) is 0. The number of carboxylic acid groups (broad SMARTS) is 1. The number of hydrogen-bond donors (Lipinski definition) is 5. The van der Waals surface area contributed by atoms with Gasteiger partial charge in [-0.05, 0) is 55.5 Å². The van der Waals surface area contributed by atoms with Crippen LogP contribution in [0, 0.1) is 0 Å². The predicted octanol–water partition coefficient (Wildman–Crippen LogP) is 0.494. The first-order valence-electron chi connectivity index (χ1n) is 9.24. The summed E-state index contributed by atoms with van der Waals surface area (Å²) < 4.78 is 0. The van der Waals surface area contributed by atoms with Gasteiger partial charge in [-0.2, -0.15) is 11.8 Å². The van der Waals surface area contributed by atoms with Crippen LogP contribution in [0.3, 0.4) is 0 Å². The monoisotopic (exact) mass is 409 g/mol. The van der Waals surface area contributed by atoms with E-state index in [-0.39, 0.29) is 24.1 Å². The largest absolute Gasteiger partial charge is 0.508 e. The minimum absolute atomic E-state index is 0.0781. The van der Waals surface area contributed by atoms with Crippen molar-refractivity contribution >= 4 is 29.5 Å². The maximum absolute atomic E-state index is 12.7. The van der Waals surface area contributed by atoms with Crippen molar-refractivity contribution in [3.05, 3.63) is 29.8 Å². The maximum Gasteiger partial charge on any atom is 0.326 e. The number of carbonyl (C=O) groups is 3. The SMILES string of the molecule is CSCC[C@H](NC(=O)[C@@H]1CCCN1)C(=O)N[C@@H](Cc1ccc(O)cc1)C(=O)O. The van der Waals surface area contributed by atoms with Gasteiger partial charge in [-0.15, -0.1) is 0 Å². The van der Waals surface area contributed by atoms with Crippen molar-refractivity contribution in [2.75, 3.05) is 18.6 Å². The second-order valence-corrected chi connectivity index (χ2v) is 7.75. The van der Waals surface area contributed by atoms with Crippen LogP contribution in [0.5, 0.6) is 5.75 Å². The Morgan fingerprint density at radius 3 is 2.50 bits per heavy atom. The molecule has 0 bridgehead atoms. The first kappa shape index (κ1) is 22.0. The minimum Gasteiger partial charge on any atom is -0.508 e. The zero-order valence-electron chi connectivity index (χ0n) is 15.8. The van der Waals surface area contributed by atoms with Crippen molar-refractivity contribution < 1.29 is 24.6 Å². The van der Waals surface area contributed by atoms with E-state index in [2.05, 4.69) is 16.0 Å². The van der Waals surface area contributed by atoms with Crippen LogP contribution in [0.25, 0.3) is 0 Å². The molecule has 1 aromatic rings. The number of amides is 2. The molecule has 1 aliphatic rings. The molecular weight excluding hydrogens is 382 g/mol. The molecule has 1 heterocycles. The third-order valence-corrected chi connectivity index (χ3v) is 5.26. The molecule has 154 valence electrons. The van der Waals surface area contributed by atoms with Gasteiger partial charge in [0.15, 0.2) is 0 Å². The number of rotatable bonds is 10. The smallest absolute Gasteiger partial charge is 0.326 e. The first-order valence-corrected chi connectivity index (χ1v) is 10.6. The zero-order chi connectivity index (χ0) is 20.5. The molecule has 3 atom stereocenters. The fourth-order valence-corrected chi connectivity index (χ4v) is 3.50. The Balaban J connectivity index is 2.01. The number of nitrogens with one attached hydrogen (secondary N) is 3. The molecule has 0 aliphatic carbocycles. The third-order valence-electron chi connectivity index (χ3n) is 4.61. The normalized spacial score (nSPS) is 18.2.